The number of aryl methyl sites for hydroxylation is 1. The molecule has 0 aromatic carbocycles. The Balaban J connectivity index is 3.37. The zero-order valence-electron chi connectivity index (χ0n) is 9.16. The maximum Gasteiger partial charge on any atom is 0.296 e. The topological polar surface area (TPSA) is 47.8 Å². The van der Waals surface area contributed by atoms with Crippen molar-refractivity contribution in [2.24, 2.45) is 7.05 Å². The first-order chi connectivity index (χ1) is 6.36. The van der Waals surface area contributed by atoms with Crippen molar-refractivity contribution in [1.29, 1.82) is 0 Å². The molecule has 0 saturated heterocycles. The van der Waals surface area contributed by atoms with Crippen LogP contribution in [0, 0.1) is 0 Å². The lowest BCUT2D eigenvalue weighted by atomic mass is 9.93. The molecule has 0 amide bonds. The van der Waals surface area contributed by atoms with Gasteiger partial charge in [-0.05, 0) is 6.26 Å². The van der Waals surface area contributed by atoms with E-state index in [-0.39, 0.29) is 11.0 Å². The summed E-state index contributed by atoms with van der Waals surface area (Å²) in [7, 11) is 1.80. The minimum atomic E-state index is -0.251. The highest BCUT2D eigenvalue weighted by Gasteiger charge is 2.21. The van der Waals surface area contributed by atoms with Gasteiger partial charge in [0, 0.05) is 12.5 Å². The van der Waals surface area contributed by atoms with E-state index in [1.807, 2.05) is 27.0 Å². The van der Waals surface area contributed by atoms with Crippen LogP contribution in [0.1, 0.15) is 26.5 Å². The van der Waals surface area contributed by atoms with Gasteiger partial charge in [-0.2, -0.15) is 10.1 Å². The standard InChI is InChI=1S/C9H15N3OS/c1-9(2,3)6-7(13)10-8(14-5)12(4)11-6/h1-5H3. The molecule has 1 aromatic rings. The highest BCUT2D eigenvalue weighted by molar-refractivity contribution is 7.98. The highest BCUT2D eigenvalue weighted by atomic mass is 32.2. The Morgan fingerprint density at radius 1 is 1.36 bits per heavy atom. The summed E-state index contributed by atoms with van der Waals surface area (Å²) in [6.07, 6.45) is 1.88. The van der Waals surface area contributed by atoms with Crippen LogP contribution in [0.25, 0.3) is 0 Å². The number of hydrogen-bond donors (Lipinski definition) is 0. The van der Waals surface area contributed by atoms with Crippen molar-refractivity contribution in [1.82, 2.24) is 14.8 Å². The molecule has 78 valence electrons. The lowest BCUT2D eigenvalue weighted by molar-refractivity contribution is 0.494. The summed E-state index contributed by atoms with van der Waals surface area (Å²) < 4.78 is 1.65. The molecule has 0 aliphatic heterocycles. The molecule has 0 bridgehead atoms. The van der Waals surface area contributed by atoms with Crippen LogP contribution < -0.4 is 5.56 Å². The van der Waals surface area contributed by atoms with Crippen molar-refractivity contribution >= 4 is 11.8 Å². The summed E-state index contributed by atoms with van der Waals surface area (Å²) in [5.41, 5.74) is 0.0384. The highest BCUT2D eigenvalue weighted by Crippen LogP contribution is 2.16. The molecule has 0 atom stereocenters. The number of rotatable bonds is 1. The van der Waals surface area contributed by atoms with Gasteiger partial charge in [-0.25, -0.2) is 4.68 Å². The zero-order valence-corrected chi connectivity index (χ0v) is 9.97. The van der Waals surface area contributed by atoms with Crippen molar-refractivity contribution in [3.8, 4) is 0 Å². The van der Waals surface area contributed by atoms with Gasteiger partial charge < -0.3 is 0 Å². The van der Waals surface area contributed by atoms with Crippen molar-refractivity contribution in [2.75, 3.05) is 6.26 Å². The van der Waals surface area contributed by atoms with E-state index in [1.165, 1.54) is 11.8 Å². The van der Waals surface area contributed by atoms with Gasteiger partial charge in [0.05, 0.1) is 0 Å². The number of nitrogens with zero attached hydrogens (tertiary/aromatic N) is 3. The largest absolute Gasteiger partial charge is 0.296 e. The van der Waals surface area contributed by atoms with Gasteiger partial charge in [0.2, 0.25) is 0 Å². The number of thioether (sulfide) groups is 1. The van der Waals surface area contributed by atoms with Gasteiger partial charge in [0.15, 0.2) is 5.16 Å². The Bertz CT molecular complexity index is 392. The summed E-state index contributed by atoms with van der Waals surface area (Å²) in [5.74, 6) is 0. The molecule has 0 aliphatic rings. The van der Waals surface area contributed by atoms with Crippen molar-refractivity contribution in [3.05, 3.63) is 16.0 Å². The first kappa shape index (κ1) is 11.2. The van der Waals surface area contributed by atoms with Gasteiger partial charge in [-0.15, -0.1) is 0 Å². The average Bonchev–Trinajstić information content (AvgIpc) is 2.06. The molecule has 1 heterocycles. The fraction of sp³-hybridized carbons (Fsp3) is 0.667. The molecule has 1 rings (SSSR count). The maximum atomic E-state index is 11.6. The van der Waals surface area contributed by atoms with Crippen LogP contribution in [-0.2, 0) is 12.5 Å². The van der Waals surface area contributed by atoms with Crippen LogP contribution >= 0.6 is 11.8 Å². The molecule has 5 heteroatoms. The molecule has 0 spiro atoms. The van der Waals surface area contributed by atoms with E-state index in [2.05, 4.69) is 10.1 Å². The fourth-order valence-corrected chi connectivity index (χ4v) is 1.58. The third kappa shape index (κ3) is 2.15. The predicted octanol–water partition coefficient (Wildman–Crippen LogP) is 1.19. The first-order valence-electron chi connectivity index (χ1n) is 4.36. The molecule has 0 N–H and O–H groups in total. The molecule has 0 radical (unpaired) electrons. The Morgan fingerprint density at radius 2 is 1.93 bits per heavy atom. The SMILES string of the molecule is CSc1nc(=O)c(C(C)(C)C)nn1C. The molecule has 14 heavy (non-hydrogen) atoms. The van der Waals surface area contributed by atoms with Crippen LogP contribution in [0.5, 0.6) is 0 Å². The molecule has 0 unspecified atom stereocenters. The average molecular weight is 213 g/mol. The normalized spacial score (nSPS) is 11.8. The molecular weight excluding hydrogens is 198 g/mol. The third-order valence-electron chi connectivity index (χ3n) is 1.82. The summed E-state index contributed by atoms with van der Waals surface area (Å²) >= 11 is 1.42. The van der Waals surface area contributed by atoms with E-state index in [4.69, 9.17) is 0 Å². The first-order valence-corrected chi connectivity index (χ1v) is 5.58. The smallest absolute Gasteiger partial charge is 0.265 e. The van der Waals surface area contributed by atoms with Gasteiger partial charge >= 0.3 is 0 Å². The van der Waals surface area contributed by atoms with Crippen LogP contribution in [0.4, 0.5) is 0 Å². The molecular formula is C9H15N3OS. The van der Waals surface area contributed by atoms with Crippen LogP contribution in [-0.4, -0.2) is 21.0 Å². The summed E-state index contributed by atoms with van der Waals surface area (Å²) in [4.78, 5) is 15.6. The Hall–Kier alpha value is -0.840. The third-order valence-corrected chi connectivity index (χ3v) is 2.54. The van der Waals surface area contributed by atoms with E-state index < -0.39 is 0 Å². The fourth-order valence-electron chi connectivity index (χ4n) is 1.10. The summed E-state index contributed by atoms with van der Waals surface area (Å²) in [5, 5.41) is 4.88. The lowest BCUT2D eigenvalue weighted by Gasteiger charge is -2.17. The second kappa shape index (κ2) is 3.73. The minimum Gasteiger partial charge on any atom is -0.265 e. The molecule has 0 saturated carbocycles. The molecule has 0 aliphatic carbocycles. The monoisotopic (exact) mass is 213 g/mol. The zero-order chi connectivity index (χ0) is 10.9. The second-order valence-corrected chi connectivity index (χ2v) is 4.90. The second-order valence-electron chi connectivity index (χ2n) is 4.13. The van der Waals surface area contributed by atoms with E-state index in [0.717, 1.165) is 0 Å². The number of hydrogen-bond acceptors (Lipinski definition) is 4. The molecule has 4 nitrogen and oxygen atoms in total. The maximum absolute atomic E-state index is 11.6. The summed E-state index contributed by atoms with van der Waals surface area (Å²) in [6, 6.07) is 0. The van der Waals surface area contributed by atoms with E-state index >= 15 is 0 Å². The van der Waals surface area contributed by atoms with Crippen LogP contribution in [0.2, 0.25) is 0 Å². The van der Waals surface area contributed by atoms with Crippen LogP contribution in [0.3, 0.4) is 0 Å². The quantitative estimate of drug-likeness (QED) is 0.658. The van der Waals surface area contributed by atoms with Crippen molar-refractivity contribution in [2.45, 2.75) is 31.3 Å². The van der Waals surface area contributed by atoms with E-state index in [9.17, 15) is 4.79 Å². The Labute approximate surface area is 87.7 Å². The van der Waals surface area contributed by atoms with Gasteiger partial charge in [0.25, 0.3) is 5.56 Å². The molecule has 1 aromatic heterocycles. The van der Waals surface area contributed by atoms with Gasteiger partial charge in [-0.1, -0.05) is 32.5 Å². The molecule has 0 fully saturated rings. The summed E-state index contributed by atoms with van der Waals surface area (Å²) in [6.45, 7) is 5.87. The Kier molecular flexibility index (Phi) is 2.99. The van der Waals surface area contributed by atoms with E-state index in [0.29, 0.717) is 10.9 Å². The number of aromatic nitrogens is 3. The predicted molar refractivity (Wildman–Crippen MR) is 57.8 cm³/mol. The van der Waals surface area contributed by atoms with Crippen molar-refractivity contribution in [3.63, 3.8) is 0 Å². The van der Waals surface area contributed by atoms with Gasteiger partial charge in [-0.3, -0.25) is 4.79 Å². The van der Waals surface area contributed by atoms with Crippen molar-refractivity contribution < 1.29 is 0 Å². The lowest BCUT2D eigenvalue weighted by Crippen LogP contribution is -2.30. The minimum absolute atomic E-state index is 0.222. The van der Waals surface area contributed by atoms with Crippen LogP contribution in [0.15, 0.2) is 9.95 Å². The van der Waals surface area contributed by atoms with Gasteiger partial charge in [0.1, 0.15) is 5.69 Å². The Morgan fingerprint density at radius 3 is 2.36 bits per heavy atom. The van der Waals surface area contributed by atoms with E-state index in [1.54, 1.807) is 11.7 Å².